The van der Waals surface area contributed by atoms with E-state index in [0.717, 1.165) is 11.1 Å². The van der Waals surface area contributed by atoms with E-state index in [1.807, 2.05) is 57.2 Å². The minimum absolute atomic E-state index is 0.141. The van der Waals surface area contributed by atoms with Gasteiger partial charge in [-0.1, -0.05) is 42.5 Å². The standard InChI is InChI=1S/C26H26ClNO5/c1-26(2,3)33-25(31)28-14-17(13-27)22-18-10-7-11-19(24(29)30)23(18)21(12-20(22)28)32-15-16-8-5-4-6-9-16/h4-12,17H,13-15H2,1-3H3,(H,29,30). The van der Waals surface area contributed by atoms with Crippen LogP contribution in [0.15, 0.2) is 54.6 Å². The molecule has 172 valence electrons. The first kappa shape index (κ1) is 22.9. The van der Waals surface area contributed by atoms with Crippen LogP contribution >= 0.6 is 11.6 Å². The summed E-state index contributed by atoms with van der Waals surface area (Å²) in [6.07, 6.45) is -0.473. The summed E-state index contributed by atoms with van der Waals surface area (Å²) in [5, 5.41) is 11.1. The zero-order valence-corrected chi connectivity index (χ0v) is 19.6. The number of ether oxygens (including phenoxy) is 2. The van der Waals surface area contributed by atoms with Gasteiger partial charge >= 0.3 is 12.1 Å². The van der Waals surface area contributed by atoms with Crippen LogP contribution in [0.5, 0.6) is 5.75 Å². The molecule has 0 saturated carbocycles. The molecule has 3 aromatic carbocycles. The van der Waals surface area contributed by atoms with Gasteiger partial charge in [-0.05, 0) is 43.4 Å². The lowest BCUT2D eigenvalue weighted by atomic mass is 9.93. The SMILES string of the molecule is CC(C)(C)OC(=O)N1CC(CCl)c2c1cc(OCc1ccccc1)c1c(C(=O)O)cccc21. The van der Waals surface area contributed by atoms with E-state index < -0.39 is 17.7 Å². The van der Waals surface area contributed by atoms with Gasteiger partial charge in [-0.15, -0.1) is 11.6 Å². The summed E-state index contributed by atoms with van der Waals surface area (Å²) in [5.74, 6) is -0.532. The van der Waals surface area contributed by atoms with E-state index in [4.69, 9.17) is 21.1 Å². The minimum atomic E-state index is -1.05. The highest BCUT2D eigenvalue weighted by molar-refractivity contribution is 6.19. The van der Waals surface area contributed by atoms with Gasteiger partial charge in [0.1, 0.15) is 18.0 Å². The minimum Gasteiger partial charge on any atom is -0.488 e. The lowest BCUT2D eigenvalue weighted by molar-refractivity contribution is 0.0581. The number of hydrogen-bond acceptors (Lipinski definition) is 4. The van der Waals surface area contributed by atoms with E-state index in [1.54, 1.807) is 23.1 Å². The molecule has 1 N–H and O–H groups in total. The number of carboxylic acids is 1. The number of amides is 1. The molecule has 1 unspecified atom stereocenters. The number of halogens is 1. The van der Waals surface area contributed by atoms with Crippen molar-refractivity contribution in [2.75, 3.05) is 17.3 Å². The Hall–Kier alpha value is -3.25. The second-order valence-corrected chi connectivity index (χ2v) is 9.37. The van der Waals surface area contributed by atoms with Gasteiger partial charge < -0.3 is 14.6 Å². The zero-order chi connectivity index (χ0) is 23.8. The molecule has 0 bridgehead atoms. The van der Waals surface area contributed by atoms with Gasteiger partial charge in [0.2, 0.25) is 0 Å². The maximum absolute atomic E-state index is 13.0. The Bertz CT molecular complexity index is 1200. The number of benzene rings is 3. The topological polar surface area (TPSA) is 76.1 Å². The molecule has 0 aliphatic carbocycles. The summed E-state index contributed by atoms with van der Waals surface area (Å²) in [4.78, 5) is 26.6. The Morgan fingerprint density at radius 2 is 1.85 bits per heavy atom. The average Bonchev–Trinajstić information content (AvgIpc) is 3.15. The average molecular weight is 468 g/mol. The summed E-state index contributed by atoms with van der Waals surface area (Å²) >= 11 is 6.30. The van der Waals surface area contributed by atoms with Gasteiger partial charge in [0, 0.05) is 29.8 Å². The molecule has 3 aromatic rings. The number of carbonyl (C=O) groups excluding carboxylic acids is 1. The van der Waals surface area contributed by atoms with Gasteiger partial charge in [0.25, 0.3) is 0 Å². The van der Waals surface area contributed by atoms with Crippen LogP contribution in [0, 0.1) is 0 Å². The van der Waals surface area contributed by atoms with Crippen molar-refractivity contribution in [1.82, 2.24) is 0 Å². The number of nitrogens with zero attached hydrogens (tertiary/aromatic N) is 1. The zero-order valence-electron chi connectivity index (χ0n) is 18.8. The van der Waals surface area contributed by atoms with Gasteiger partial charge in [-0.2, -0.15) is 0 Å². The van der Waals surface area contributed by atoms with Crippen molar-refractivity contribution in [3.05, 3.63) is 71.3 Å². The van der Waals surface area contributed by atoms with Crippen LogP contribution in [-0.4, -0.2) is 35.2 Å². The summed E-state index contributed by atoms with van der Waals surface area (Å²) in [6.45, 7) is 6.05. The number of aromatic carboxylic acids is 1. The Morgan fingerprint density at radius 3 is 2.48 bits per heavy atom. The summed E-state index contributed by atoms with van der Waals surface area (Å²) < 4.78 is 11.8. The highest BCUT2D eigenvalue weighted by Crippen LogP contribution is 2.47. The molecular formula is C26H26ClNO5. The van der Waals surface area contributed by atoms with Crippen molar-refractivity contribution < 1.29 is 24.2 Å². The molecule has 7 heteroatoms. The highest BCUT2D eigenvalue weighted by Gasteiger charge is 2.37. The third-order valence-corrected chi connectivity index (χ3v) is 5.89. The molecule has 0 spiro atoms. The molecular weight excluding hydrogens is 442 g/mol. The van der Waals surface area contributed by atoms with Gasteiger partial charge in [0.05, 0.1) is 11.3 Å². The number of carbonyl (C=O) groups is 2. The molecule has 1 aliphatic heterocycles. The quantitative estimate of drug-likeness (QED) is 0.452. The third-order valence-electron chi connectivity index (χ3n) is 5.51. The Balaban J connectivity index is 1.88. The van der Waals surface area contributed by atoms with Crippen LogP contribution < -0.4 is 9.64 Å². The molecule has 4 rings (SSSR count). The molecule has 1 atom stereocenters. The number of anilines is 1. The lowest BCUT2D eigenvalue weighted by Crippen LogP contribution is -2.36. The van der Waals surface area contributed by atoms with E-state index in [2.05, 4.69) is 0 Å². The Labute approximate surface area is 197 Å². The molecule has 0 saturated heterocycles. The van der Waals surface area contributed by atoms with Gasteiger partial charge in [0.15, 0.2) is 0 Å². The number of carboxylic acid groups (broad SMARTS) is 1. The van der Waals surface area contributed by atoms with Gasteiger partial charge in [-0.25, -0.2) is 9.59 Å². The second kappa shape index (κ2) is 8.94. The monoisotopic (exact) mass is 467 g/mol. The van der Waals surface area contributed by atoms with Crippen molar-refractivity contribution in [3.8, 4) is 5.75 Å². The van der Waals surface area contributed by atoms with E-state index in [9.17, 15) is 14.7 Å². The number of alkyl halides is 1. The summed E-state index contributed by atoms with van der Waals surface area (Å²) in [5.41, 5.74) is 1.90. The predicted octanol–water partition coefficient (Wildman–Crippen LogP) is 6.19. The summed E-state index contributed by atoms with van der Waals surface area (Å²) in [7, 11) is 0. The van der Waals surface area contributed by atoms with E-state index in [1.165, 1.54) is 0 Å². The molecule has 0 fully saturated rings. The third kappa shape index (κ3) is 4.62. The maximum atomic E-state index is 13.0. The van der Waals surface area contributed by atoms with Crippen molar-refractivity contribution in [2.45, 2.75) is 38.9 Å². The molecule has 33 heavy (non-hydrogen) atoms. The highest BCUT2D eigenvalue weighted by atomic mass is 35.5. The van der Waals surface area contributed by atoms with Crippen LogP contribution in [0.25, 0.3) is 10.8 Å². The first-order valence-electron chi connectivity index (χ1n) is 10.8. The number of hydrogen-bond donors (Lipinski definition) is 1. The van der Waals surface area contributed by atoms with Crippen molar-refractivity contribution in [3.63, 3.8) is 0 Å². The van der Waals surface area contributed by atoms with Gasteiger partial charge in [-0.3, -0.25) is 4.90 Å². The van der Waals surface area contributed by atoms with E-state index in [-0.39, 0.29) is 24.0 Å². The lowest BCUT2D eigenvalue weighted by Gasteiger charge is -2.25. The van der Waals surface area contributed by atoms with Crippen molar-refractivity contribution in [2.24, 2.45) is 0 Å². The Morgan fingerprint density at radius 1 is 1.12 bits per heavy atom. The smallest absolute Gasteiger partial charge is 0.414 e. The first-order valence-corrected chi connectivity index (χ1v) is 11.3. The predicted molar refractivity (Wildman–Crippen MR) is 129 cm³/mol. The van der Waals surface area contributed by atoms with Crippen molar-refractivity contribution >= 4 is 40.1 Å². The fourth-order valence-electron chi connectivity index (χ4n) is 4.16. The van der Waals surface area contributed by atoms with Crippen LogP contribution in [0.3, 0.4) is 0 Å². The van der Waals surface area contributed by atoms with E-state index >= 15 is 0 Å². The normalized spacial score (nSPS) is 15.4. The molecule has 6 nitrogen and oxygen atoms in total. The fourth-order valence-corrected chi connectivity index (χ4v) is 4.41. The number of rotatable bonds is 5. The Kier molecular flexibility index (Phi) is 6.21. The molecule has 1 amide bonds. The molecule has 1 aliphatic rings. The molecule has 0 aromatic heterocycles. The largest absolute Gasteiger partial charge is 0.488 e. The fraction of sp³-hybridized carbons (Fsp3) is 0.308. The second-order valence-electron chi connectivity index (χ2n) is 9.06. The van der Waals surface area contributed by atoms with Crippen LogP contribution in [0.2, 0.25) is 0 Å². The van der Waals surface area contributed by atoms with E-state index in [0.29, 0.717) is 28.8 Å². The maximum Gasteiger partial charge on any atom is 0.414 e. The van der Waals surface area contributed by atoms with Crippen LogP contribution in [0.4, 0.5) is 10.5 Å². The molecule has 0 radical (unpaired) electrons. The van der Waals surface area contributed by atoms with Crippen LogP contribution in [0.1, 0.15) is 48.2 Å². The van der Waals surface area contributed by atoms with Crippen LogP contribution in [-0.2, 0) is 11.3 Å². The summed E-state index contributed by atoms with van der Waals surface area (Å²) in [6, 6.07) is 16.5. The molecule has 1 heterocycles. The number of fused-ring (bicyclic) bond motifs is 3. The first-order chi connectivity index (χ1) is 15.7. The van der Waals surface area contributed by atoms with Crippen molar-refractivity contribution in [1.29, 1.82) is 0 Å².